The molecule has 1 atom stereocenters. The molecule has 0 saturated carbocycles. The van der Waals surface area contributed by atoms with Crippen LogP contribution in [0.1, 0.15) is 6.92 Å². The van der Waals surface area contributed by atoms with Crippen molar-refractivity contribution in [2.75, 3.05) is 44.1 Å². The predicted octanol–water partition coefficient (Wildman–Crippen LogP) is 1.03. The molecule has 1 N–H and O–H groups in total. The molecule has 1 unspecified atom stereocenters. The molecule has 0 saturated heterocycles. The Morgan fingerprint density at radius 3 is 2.86 bits per heavy atom. The van der Waals surface area contributed by atoms with Crippen LogP contribution in [-0.2, 0) is 19.1 Å². The van der Waals surface area contributed by atoms with Crippen LogP contribution in [-0.4, -0.2) is 51.9 Å². The van der Waals surface area contributed by atoms with Crippen molar-refractivity contribution in [3.8, 4) is 5.75 Å². The van der Waals surface area contributed by atoms with Crippen LogP contribution in [0.15, 0.2) is 18.2 Å². The summed E-state index contributed by atoms with van der Waals surface area (Å²) in [6, 6.07) is 5.27. The van der Waals surface area contributed by atoms with Gasteiger partial charge in [0.2, 0.25) is 5.91 Å². The van der Waals surface area contributed by atoms with Crippen molar-refractivity contribution in [3.63, 3.8) is 0 Å². The first-order valence-electron chi connectivity index (χ1n) is 6.96. The molecule has 1 aromatic rings. The van der Waals surface area contributed by atoms with Crippen molar-refractivity contribution >= 4 is 23.3 Å². The number of ether oxygens (including phenoxy) is 3. The van der Waals surface area contributed by atoms with Crippen molar-refractivity contribution in [2.45, 2.75) is 13.0 Å². The summed E-state index contributed by atoms with van der Waals surface area (Å²) in [6.45, 7) is 2.05. The van der Waals surface area contributed by atoms with Crippen molar-refractivity contribution in [1.29, 1.82) is 0 Å². The minimum absolute atomic E-state index is 0.126. The van der Waals surface area contributed by atoms with E-state index in [1.165, 1.54) is 12.0 Å². The molecule has 1 aliphatic rings. The molecule has 1 aliphatic heterocycles. The zero-order chi connectivity index (χ0) is 16.1. The largest absolute Gasteiger partial charge is 0.497 e. The highest BCUT2D eigenvalue weighted by molar-refractivity contribution is 6.05. The first-order valence-corrected chi connectivity index (χ1v) is 6.96. The number of anilines is 2. The lowest BCUT2D eigenvalue weighted by atomic mass is 10.2. The van der Waals surface area contributed by atoms with Gasteiger partial charge in [-0.25, -0.2) is 0 Å². The van der Waals surface area contributed by atoms with Crippen LogP contribution in [0.5, 0.6) is 5.75 Å². The monoisotopic (exact) mass is 308 g/mol. The molecular formula is C15H20N2O5. The van der Waals surface area contributed by atoms with Gasteiger partial charge in [-0.3, -0.25) is 14.5 Å². The fourth-order valence-electron chi connectivity index (χ4n) is 2.25. The fraction of sp³-hybridized carbons (Fsp3) is 0.467. The Morgan fingerprint density at radius 2 is 2.18 bits per heavy atom. The molecule has 0 bridgehead atoms. The summed E-state index contributed by atoms with van der Waals surface area (Å²) in [5, 5.41) is 3.01. The summed E-state index contributed by atoms with van der Waals surface area (Å²) in [4.78, 5) is 25.4. The number of hydrogen-bond acceptors (Lipinski definition) is 6. The number of hydrogen-bond donors (Lipinski definition) is 1. The maximum absolute atomic E-state index is 12.1. The number of benzene rings is 1. The van der Waals surface area contributed by atoms with Gasteiger partial charge in [0, 0.05) is 13.2 Å². The molecule has 120 valence electrons. The van der Waals surface area contributed by atoms with Gasteiger partial charge in [-0.15, -0.1) is 0 Å². The van der Waals surface area contributed by atoms with Crippen molar-refractivity contribution in [1.82, 2.24) is 0 Å². The van der Waals surface area contributed by atoms with Crippen LogP contribution in [0.25, 0.3) is 0 Å². The zero-order valence-electron chi connectivity index (χ0n) is 12.9. The Bertz CT molecular complexity index is 561. The van der Waals surface area contributed by atoms with Gasteiger partial charge in [-0.05, 0) is 19.1 Å². The number of carbonyl (C=O) groups excluding carboxylic acids is 2. The van der Waals surface area contributed by atoms with Crippen LogP contribution in [0.2, 0.25) is 0 Å². The number of methoxy groups -OCH3 is 2. The standard InChI is InChI=1S/C15H20N2O5/c1-10(9-20-2)22-15(19)8-17-13-5-4-11(21-3)6-12(13)16-7-14(17)18/h4-6,10,16H,7-9H2,1-3H3. The Kier molecular flexibility index (Phi) is 5.21. The molecule has 2 rings (SSSR count). The molecule has 0 radical (unpaired) electrons. The van der Waals surface area contributed by atoms with Crippen LogP contribution >= 0.6 is 0 Å². The lowest BCUT2D eigenvalue weighted by Gasteiger charge is -2.30. The molecule has 22 heavy (non-hydrogen) atoms. The lowest BCUT2D eigenvalue weighted by Crippen LogP contribution is -2.43. The first kappa shape index (κ1) is 16.1. The Labute approximate surface area is 129 Å². The first-order chi connectivity index (χ1) is 10.5. The fourth-order valence-corrected chi connectivity index (χ4v) is 2.25. The van der Waals surface area contributed by atoms with E-state index in [9.17, 15) is 9.59 Å². The molecule has 0 spiro atoms. The molecule has 0 aliphatic carbocycles. The second-order valence-corrected chi connectivity index (χ2v) is 4.97. The van der Waals surface area contributed by atoms with E-state index < -0.39 is 5.97 Å². The van der Waals surface area contributed by atoms with Gasteiger partial charge in [-0.1, -0.05) is 0 Å². The van der Waals surface area contributed by atoms with E-state index in [0.29, 0.717) is 18.0 Å². The van der Waals surface area contributed by atoms with Crippen LogP contribution in [0.3, 0.4) is 0 Å². The van der Waals surface area contributed by atoms with Crippen LogP contribution in [0.4, 0.5) is 11.4 Å². The highest BCUT2D eigenvalue weighted by atomic mass is 16.6. The smallest absolute Gasteiger partial charge is 0.326 e. The highest BCUT2D eigenvalue weighted by Crippen LogP contribution is 2.32. The van der Waals surface area contributed by atoms with Gasteiger partial charge in [0.05, 0.1) is 31.6 Å². The molecule has 1 aromatic carbocycles. The summed E-state index contributed by atoms with van der Waals surface area (Å²) < 4.78 is 15.3. The number of rotatable bonds is 6. The average Bonchev–Trinajstić information content (AvgIpc) is 2.49. The molecule has 7 heteroatoms. The minimum Gasteiger partial charge on any atom is -0.497 e. The third kappa shape index (κ3) is 3.67. The summed E-state index contributed by atoms with van der Waals surface area (Å²) >= 11 is 0. The number of carbonyl (C=O) groups is 2. The summed E-state index contributed by atoms with van der Waals surface area (Å²) in [5.41, 5.74) is 1.38. The topological polar surface area (TPSA) is 77.1 Å². The van der Waals surface area contributed by atoms with E-state index in [0.717, 1.165) is 5.69 Å². The highest BCUT2D eigenvalue weighted by Gasteiger charge is 2.27. The lowest BCUT2D eigenvalue weighted by molar-refractivity contribution is -0.149. The maximum atomic E-state index is 12.1. The molecule has 7 nitrogen and oxygen atoms in total. The van der Waals surface area contributed by atoms with Crippen molar-refractivity contribution in [3.05, 3.63) is 18.2 Å². The number of nitrogens with zero attached hydrogens (tertiary/aromatic N) is 1. The third-order valence-corrected chi connectivity index (χ3v) is 3.25. The van der Waals surface area contributed by atoms with Gasteiger partial charge < -0.3 is 19.5 Å². The number of amides is 1. The molecule has 0 aromatic heterocycles. The zero-order valence-corrected chi connectivity index (χ0v) is 12.9. The van der Waals surface area contributed by atoms with Crippen LogP contribution in [0, 0.1) is 0 Å². The summed E-state index contributed by atoms with van der Waals surface area (Å²) in [7, 11) is 3.11. The summed E-state index contributed by atoms with van der Waals surface area (Å²) in [6.07, 6.45) is -0.356. The predicted molar refractivity (Wildman–Crippen MR) is 81.3 cm³/mol. The second-order valence-electron chi connectivity index (χ2n) is 4.97. The van der Waals surface area contributed by atoms with E-state index in [-0.39, 0.29) is 25.1 Å². The number of fused-ring (bicyclic) bond motifs is 1. The Morgan fingerprint density at radius 1 is 1.41 bits per heavy atom. The van der Waals surface area contributed by atoms with E-state index in [4.69, 9.17) is 14.2 Å². The summed E-state index contributed by atoms with van der Waals surface area (Å²) in [5.74, 6) is 0.0208. The number of esters is 1. The Balaban J connectivity index is 2.11. The Hall–Kier alpha value is -2.28. The van der Waals surface area contributed by atoms with Gasteiger partial charge >= 0.3 is 5.97 Å². The van der Waals surface area contributed by atoms with E-state index in [1.807, 2.05) is 0 Å². The van der Waals surface area contributed by atoms with E-state index in [1.54, 1.807) is 32.2 Å². The van der Waals surface area contributed by atoms with Gasteiger partial charge in [0.25, 0.3) is 0 Å². The number of nitrogens with one attached hydrogen (secondary N) is 1. The molecule has 1 heterocycles. The van der Waals surface area contributed by atoms with Crippen molar-refractivity contribution < 1.29 is 23.8 Å². The average molecular weight is 308 g/mol. The molecular weight excluding hydrogens is 288 g/mol. The van der Waals surface area contributed by atoms with Crippen molar-refractivity contribution in [2.24, 2.45) is 0 Å². The minimum atomic E-state index is -0.471. The molecule has 0 fully saturated rings. The van der Waals surface area contributed by atoms with E-state index >= 15 is 0 Å². The van der Waals surface area contributed by atoms with Gasteiger partial charge in [-0.2, -0.15) is 0 Å². The SMILES string of the molecule is COCC(C)OC(=O)CN1C(=O)CNc2cc(OC)ccc21. The third-order valence-electron chi connectivity index (χ3n) is 3.25. The second kappa shape index (κ2) is 7.13. The van der Waals surface area contributed by atoms with Gasteiger partial charge in [0.1, 0.15) is 18.4 Å². The molecule has 1 amide bonds. The quantitative estimate of drug-likeness (QED) is 0.791. The maximum Gasteiger partial charge on any atom is 0.326 e. The normalized spacial score (nSPS) is 14.9. The van der Waals surface area contributed by atoms with E-state index in [2.05, 4.69) is 5.32 Å². The van der Waals surface area contributed by atoms with Gasteiger partial charge in [0.15, 0.2) is 0 Å². The van der Waals surface area contributed by atoms with Crippen LogP contribution < -0.4 is 15.0 Å².